The highest BCUT2D eigenvalue weighted by atomic mass is 16.3. The lowest BCUT2D eigenvalue weighted by atomic mass is 9.71. The Balaban J connectivity index is 1.77. The normalized spacial score (nSPS) is 29.0. The highest BCUT2D eigenvalue weighted by Gasteiger charge is 2.43. The van der Waals surface area contributed by atoms with E-state index >= 15 is 0 Å². The quantitative estimate of drug-likeness (QED) is 0.835. The zero-order chi connectivity index (χ0) is 15.0. The number of carbonyl (C=O) groups is 1. The van der Waals surface area contributed by atoms with Crippen LogP contribution in [-0.2, 0) is 0 Å². The molecular weight excluding hydrogens is 266 g/mol. The Morgan fingerprint density at radius 3 is 2.86 bits per heavy atom. The number of phenols is 1. The van der Waals surface area contributed by atoms with E-state index in [0.717, 1.165) is 31.2 Å². The number of fused-ring (bicyclic) bond motifs is 1. The van der Waals surface area contributed by atoms with Crippen LogP contribution >= 0.6 is 0 Å². The molecule has 1 aliphatic heterocycles. The Bertz CT molecular complexity index is 537. The molecule has 1 saturated carbocycles. The van der Waals surface area contributed by atoms with Crippen LogP contribution in [0.1, 0.15) is 48.0 Å². The third-order valence-corrected chi connectivity index (χ3v) is 5.02. The second-order valence-corrected chi connectivity index (χ2v) is 6.60. The fourth-order valence-corrected chi connectivity index (χ4v) is 3.82. The van der Waals surface area contributed by atoms with Crippen molar-refractivity contribution < 1.29 is 15.0 Å². The summed E-state index contributed by atoms with van der Waals surface area (Å²) in [7, 11) is 0. The number of aromatic hydroxyl groups is 1. The number of benzene rings is 1. The van der Waals surface area contributed by atoms with Crippen molar-refractivity contribution in [3.05, 3.63) is 29.3 Å². The van der Waals surface area contributed by atoms with Crippen LogP contribution in [0, 0.1) is 12.8 Å². The van der Waals surface area contributed by atoms with Crippen molar-refractivity contribution in [1.82, 2.24) is 4.90 Å². The number of aliphatic hydroxyl groups is 1. The molecule has 1 heterocycles. The summed E-state index contributed by atoms with van der Waals surface area (Å²) < 4.78 is 0. The molecule has 2 aliphatic rings. The molecule has 2 fully saturated rings. The van der Waals surface area contributed by atoms with E-state index < -0.39 is 5.60 Å². The predicted molar refractivity (Wildman–Crippen MR) is 80.3 cm³/mol. The van der Waals surface area contributed by atoms with Crippen molar-refractivity contribution in [2.45, 2.75) is 44.6 Å². The van der Waals surface area contributed by atoms with Crippen LogP contribution in [0.3, 0.4) is 0 Å². The van der Waals surface area contributed by atoms with E-state index in [4.69, 9.17) is 0 Å². The lowest BCUT2D eigenvalue weighted by Gasteiger charge is -2.47. The van der Waals surface area contributed by atoms with Gasteiger partial charge in [0.05, 0.1) is 5.60 Å². The van der Waals surface area contributed by atoms with E-state index in [1.54, 1.807) is 6.07 Å². The summed E-state index contributed by atoms with van der Waals surface area (Å²) in [5.41, 5.74) is 0.849. The Labute approximate surface area is 125 Å². The minimum Gasteiger partial charge on any atom is -0.508 e. The van der Waals surface area contributed by atoms with Gasteiger partial charge in [0.2, 0.25) is 0 Å². The molecule has 2 N–H and O–H groups in total. The summed E-state index contributed by atoms with van der Waals surface area (Å²) in [6.07, 6.45) is 4.76. The summed E-state index contributed by atoms with van der Waals surface area (Å²) in [6.45, 7) is 3.09. The van der Waals surface area contributed by atoms with Gasteiger partial charge in [-0.1, -0.05) is 12.8 Å². The van der Waals surface area contributed by atoms with Crippen LogP contribution in [0.5, 0.6) is 5.75 Å². The number of piperidine rings is 1. The summed E-state index contributed by atoms with van der Waals surface area (Å²) in [5.74, 6) is 0.286. The Morgan fingerprint density at radius 2 is 2.10 bits per heavy atom. The first-order valence-corrected chi connectivity index (χ1v) is 7.80. The molecule has 2 unspecified atom stereocenters. The van der Waals surface area contributed by atoms with Crippen LogP contribution < -0.4 is 0 Å². The second kappa shape index (κ2) is 5.34. The van der Waals surface area contributed by atoms with Crippen molar-refractivity contribution in [2.75, 3.05) is 13.1 Å². The molecule has 1 aromatic carbocycles. The largest absolute Gasteiger partial charge is 0.508 e. The molecule has 0 radical (unpaired) electrons. The maximum absolute atomic E-state index is 12.6. The van der Waals surface area contributed by atoms with Crippen LogP contribution in [0.4, 0.5) is 0 Å². The van der Waals surface area contributed by atoms with E-state index in [1.807, 2.05) is 17.9 Å². The van der Waals surface area contributed by atoms with E-state index in [0.29, 0.717) is 25.1 Å². The Morgan fingerprint density at radius 1 is 1.29 bits per heavy atom. The van der Waals surface area contributed by atoms with Gasteiger partial charge in [0.25, 0.3) is 5.91 Å². The number of nitrogens with zero attached hydrogens (tertiary/aromatic N) is 1. The summed E-state index contributed by atoms with van der Waals surface area (Å²) in [5, 5.41) is 20.3. The molecule has 0 bridgehead atoms. The summed E-state index contributed by atoms with van der Waals surface area (Å²) in [4.78, 5) is 14.4. The zero-order valence-corrected chi connectivity index (χ0v) is 12.5. The van der Waals surface area contributed by atoms with Crippen molar-refractivity contribution in [1.29, 1.82) is 0 Å². The maximum Gasteiger partial charge on any atom is 0.254 e. The standard InChI is InChI=1S/C17H23NO3/c1-12-8-13(10-15(19)9-12)16(20)18-7-6-17(21)5-3-2-4-14(17)11-18/h8-10,14,19,21H,2-7,11H2,1H3. The lowest BCUT2D eigenvalue weighted by Crippen LogP contribution is -2.54. The maximum atomic E-state index is 12.6. The van der Waals surface area contributed by atoms with Crippen molar-refractivity contribution in [2.24, 2.45) is 5.92 Å². The first-order chi connectivity index (χ1) is 9.98. The van der Waals surface area contributed by atoms with E-state index in [9.17, 15) is 15.0 Å². The highest BCUT2D eigenvalue weighted by Crippen LogP contribution is 2.40. The van der Waals surface area contributed by atoms with Gasteiger partial charge < -0.3 is 15.1 Å². The number of likely N-dealkylation sites (tertiary alicyclic amines) is 1. The molecule has 114 valence electrons. The molecule has 1 amide bonds. The lowest BCUT2D eigenvalue weighted by molar-refractivity contribution is -0.0886. The molecule has 1 saturated heterocycles. The van der Waals surface area contributed by atoms with Gasteiger partial charge in [-0.25, -0.2) is 0 Å². The topological polar surface area (TPSA) is 60.8 Å². The average molecular weight is 289 g/mol. The van der Waals surface area contributed by atoms with Gasteiger partial charge in [0, 0.05) is 24.6 Å². The van der Waals surface area contributed by atoms with Gasteiger partial charge in [-0.05, 0) is 49.9 Å². The molecule has 3 rings (SSSR count). The fourth-order valence-electron chi connectivity index (χ4n) is 3.82. The first kappa shape index (κ1) is 14.4. The number of carbonyl (C=O) groups excluding carboxylic acids is 1. The predicted octanol–water partition coefficient (Wildman–Crippen LogP) is 2.47. The van der Waals surface area contributed by atoms with Gasteiger partial charge in [0.15, 0.2) is 0 Å². The highest BCUT2D eigenvalue weighted by molar-refractivity contribution is 5.95. The van der Waals surface area contributed by atoms with Gasteiger partial charge >= 0.3 is 0 Å². The third kappa shape index (κ3) is 2.77. The van der Waals surface area contributed by atoms with Gasteiger partial charge in [-0.15, -0.1) is 0 Å². The second-order valence-electron chi connectivity index (χ2n) is 6.60. The number of hydrogen-bond acceptors (Lipinski definition) is 3. The Kier molecular flexibility index (Phi) is 3.66. The van der Waals surface area contributed by atoms with Gasteiger partial charge in [0.1, 0.15) is 5.75 Å². The van der Waals surface area contributed by atoms with E-state index in [1.165, 1.54) is 6.07 Å². The van der Waals surface area contributed by atoms with Crippen molar-refractivity contribution in [3.63, 3.8) is 0 Å². The minimum atomic E-state index is -0.566. The van der Waals surface area contributed by atoms with Gasteiger partial charge in [-0.3, -0.25) is 4.79 Å². The number of phenolic OH excluding ortho intramolecular Hbond substituents is 1. The van der Waals surface area contributed by atoms with Gasteiger partial charge in [-0.2, -0.15) is 0 Å². The van der Waals surface area contributed by atoms with E-state index in [-0.39, 0.29) is 17.6 Å². The SMILES string of the molecule is Cc1cc(O)cc(C(=O)N2CCC3(O)CCCCC3C2)c1. The molecule has 0 spiro atoms. The number of hydrogen-bond donors (Lipinski definition) is 2. The number of rotatable bonds is 1. The number of amides is 1. The minimum absolute atomic E-state index is 0.0402. The molecule has 1 aromatic rings. The van der Waals surface area contributed by atoms with E-state index in [2.05, 4.69) is 0 Å². The van der Waals surface area contributed by atoms with Crippen LogP contribution in [0.15, 0.2) is 18.2 Å². The first-order valence-electron chi connectivity index (χ1n) is 7.80. The summed E-state index contributed by atoms with van der Waals surface area (Å²) in [6, 6.07) is 4.98. The van der Waals surface area contributed by atoms with Crippen LogP contribution in [-0.4, -0.2) is 39.7 Å². The molecule has 1 aliphatic carbocycles. The Hall–Kier alpha value is -1.55. The monoisotopic (exact) mass is 289 g/mol. The third-order valence-electron chi connectivity index (χ3n) is 5.02. The summed E-state index contributed by atoms with van der Waals surface area (Å²) >= 11 is 0. The molecule has 0 aromatic heterocycles. The van der Waals surface area contributed by atoms with Crippen molar-refractivity contribution in [3.8, 4) is 5.75 Å². The van der Waals surface area contributed by atoms with Crippen LogP contribution in [0.2, 0.25) is 0 Å². The fraction of sp³-hybridized carbons (Fsp3) is 0.588. The molecule has 4 nitrogen and oxygen atoms in total. The molecule has 2 atom stereocenters. The zero-order valence-electron chi connectivity index (χ0n) is 12.5. The molecule has 21 heavy (non-hydrogen) atoms. The smallest absolute Gasteiger partial charge is 0.254 e. The molecular formula is C17H23NO3. The van der Waals surface area contributed by atoms with Crippen LogP contribution in [0.25, 0.3) is 0 Å². The number of aryl methyl sites for hydroxylation is 1. The average Bonchev–Trinajstić information content (AvgIpc) is 2.44. The molecule has 4 heteroatoms. The van der Waals surface area contributed by atoms with Crippen molar-refractivity contribution >= 4 is 5.91 Å².